The molecule has 380 valence electrons. The molecule has 0 aromatic carbocycles. The fourth-order valence-electron chi connectivity index (χ4n) is 13.8. The van der Waals surface area contributed by atoms with Crippen LogP contribution in [0, 0.1) is 23.7 Å². The van der Waals surface area contributed by atoms with Gasteiger partial charge in [0, 0.05) is 73.2 Å². The number of nitrogens with one attached hydrogen (secondary N) is 6. The molecular weight excluding hydrogens is 881 g/mol. The summed E-state index contributed by atoms with van der Waals surface area (Å²) in [5.41, 5.74) is 16.9. The number of amides is 2. The van der Waals surface area contributed by atoms with Gasteiger partial charge in [-0.2, -0.15) is 23.5 Å². The predicted octanol–water partition coefficient (Wildman–Crippen LogP) is 6.75. The van der Waals surface area contributed by atoms with Crippen molar-refractivity contribution in [1.82, 2.24) is 42.1 Å². The number of methoxy groups -OCH3 is 2. The molecule has 8 aliphatic rings. The van der Waals surface area contributed by atoms with Crippen LogP contribution < -0.4 is 32.3 Å². The van der Waals surface area contributed by atoms with Crippen molar-refractivity contribution in [2.24, 2.45) is 33.7 Å². The summed E-state index contributed by atoms with van der Waals surface area (Å²) in [6.45, 7) is 9.80. The molecule has 0 aromatic rings. The minimum absolute atomic E-state index is 0.0300. The number of fused-ring (bicyclic) bond motifs is 6. The molecule has 4 aliphatic carbocycles. The van der Waals surface area contributed by atoms with E-state index in [4.69, 9.17) is 19.5 Å². The van der Waals surface area contributed by atoms with Crippen molar-refractivity contribution >= 4 is 46.8 Å². The topological polar surface area (TPSA) is 156 Å². The summed E-state index contributed by atoms with van der Waals surface area (Å²) in [4.78, 5) is 42.4. The molecule has 67 heavy (non-hydrogen) atoms. The minimum atomic E-state index is -0.0976. The molecule has 0 bridgehead atoms. The van der Waals surface area contributed by atoms with Crippen LogP contribution in [0.2, 0.25) is 0 Å². The maximum atomic E-state index is 13.0. The van der Waals surface area contributed by atoms with Gasteiger partial charge in [0.15, 0.2) is 0 Å². The Labute approximate surface area is 412 Å². The average molecular weight is 971 g/mol. The lowest BCUT2D eigenvalue weighted by Gasteiger charge is -2.44. The maximum Gasteiger partial charge on any atom is 0.222 e. The highest BCUT2D eigenvalue weighted by molar-refractivity contribution is 8.00. The number of carbonyl (C=O) groups is 2. The highest BCUT2D eigenvalue weighted by Crippen LogP contribution is 2.45. The van der Waals surface area contributed by atoms with E-state index in [1.165, 1.54) is 106 Å². The molecule has 6 N–H and O–H groups in total. The number of hydrogen-bond donors (Lipinski definition) is 6. The number of ether oxygens (including phenoxy) is 2. The number of hydrogen-bond acceptors (Lipinski definition) is 14. The maximum absolute atomic E-state index is 13.0. The molecule has 2 saturated heterocycles. The summed E-state index contributed by atoms with van der Waals surface area (Å²) < 4.78 is 12.0. The van der Waals surface area contributed by atoms with E-state index in [9.17, 15) is 9.59 Å². The van der Waals surface area contributed by atoms with E-state index in [0.29, 0.717) is 61.7 Å². The number of carbonyl (C=O) groups excluding carboxylic acids is 2. The normalized spacial score (nSPS) is 39.2. The van der Waals surface area contributed by atoms with Crippen LogP contribution in [-0.2, 0) is 19.1 Å². The summed E-state index contributed by atoms with van der Waals surface area (Å²) in [5.74, 6) is 4.55. The zero-order valence-electron chi connectivity index (χ0n) is 42.2. The lowest BCUT2D eigenvalue weighted by Crippen LogP contribution is -2.55. The highest BCUT2D eigenvalue weighted by Gasteiger charge is 2.52. The van der Waals surface area contributed by atoms with Crippen molar-refractivity contribution in [1.29, 1.82) is 0 Å². The Hall–Kier alpha value is -1.34. The molecule has 0 radical (unpaired) electrons. The van der Waals surface area contributed by atoms with Crippen LogP contribution in [0.1, 0.15) is 163 Å². The molecule has 8 rings (SSSR count). The van der Waals surface area contributed by atoms with Gasteiger partial charge in [0.25, 0.3) is 0 Å². The van der Waals surface area contributed by atoms with Gasteiger partial charge in [0.05, 0.1) is 61.8 Å². The van der Waals surface area contributed by atoms with Crippen LogP contribution in [0.3, 0.4) is 0 Å². The van der Waals surface area contributed by atoms with E-state index in [2.05, 4.69) is 79.5 Å². The number of rotatable bonds is 20. The molecule has 4 heterocycles. The summed E-state index contributed by atoms with van der Waals surface area (Å²) in [6.07, 6.45) is 25.0. The van der Waals surface area contributed by atoms with Gasteiger partial charge in [0.1, 0.15) is 0 Å². The molecule has 10 unspecified atom stereocenters. The Kier molecular flexibility index (Phi) is 19.7. The average Bonchev–Trinajstić information content (AvgIpc) is 3.84. The largest absolute Gasteiger partial charge is 0.381 e. The Morgan fingerprint density at radius 2 is 0.985 bits per heavy atom. The third-order valence-corrected chi connectivity index (χ3v) is 20.2. The van der Waals surface area contributed by atoms with Crippen molar-refractivity contribution < 1.29 is 19.1 Å². The monoisotopic (exact) mass is 971 g/mol. The van der Waals surface area contributed by atoms with Crippen LogP contribution in [0.5, 0.6) is 0 Å². The van der Waals surface area contributed by atoms with Gasteiger partial charge in [-0.05, 0) is 154 Å². The molecule has 4 aliphatic heterocycles. The third-order valence-electron chi connectivity index (χ3n) is 17.2. The van der Waals surface area contributed by atoms with Crippen LogP contribution in [0.4, 0.5) is 0 Å². The SMILES string of the molecule is CCNC(=O)C[C@@H]1N=C(C2CCC(SCCCCCCCSC3CCC(C4=N[C@@H](CC(=O)NCC)C5NNC(C)N5C5CCC(OC)CC45)CC3)CC2)C2CC(OC)CCC2N2C(C)NNC12. The first-order chi connectivity index (χ1) is 32.7. The second kappa shape index (κ2) is 25.4. The standard InChI is InChI=1S/C51H90N10O4S2/c1-7-52-46(62)30-42-50-58-56-32(3)60(50)44-24-18-36(64-5)28-40(44)48(54-42)34-14-20-38(21-15-34)66-26-12-10-9-11-13-27-67-39-22-16-35(17-23-39)49-41-29-37(65-6)19-25-45(41)61-33(4)57-59-51(61)43(55-49)31-47(63)53-8-2/h32-45,50-51,56-59H,7-31H2,1-6H3,(H,52,62)(H,53,63)/t32?,33?,34?,35?,36?,37?,38?,39?,40?,41?,42-,43-,44?,45?,50?,51?/m0/s1. The van der Waals surface area contributed by atoms with Crippen molar-refractivity contribution in [3.05, 3.63) is 0 Å². The van der Waals surface area contributed by atoms with Gasteiger partial charge in [-0.25, -0.2) is 21.7 Å². The number of nitrogens with zero attached hydrogens (tertiary/aromatic N) is 4. The Morgan fingerprint density at radius 3 is 1.37 bits per heavy atom. The van der Waals surface area contributed by atoms with Crippen molar-refractivity contribution in [2.45, 2.75) is 234 Å². The van der Waals surface area contributed by atoms with E-state index in [-0.39, 0.29) is 60.8 Å². The summed E-state index contributed by atoms with van der Waals surface area (Å²) >= 11 is 4.47. The molecule has 12 atom stereocenters. The van der Waals surface area contributed by atoms with Gasteiger partial charge >= 0.3 is 0 Å². The van der Waals surface area contributed by atoms with E-state index in [1.54, 1.807) is 0 Å². The van der Waals surface area contributed by atoms with Crippen LogP contribution >= 0.6 is 23.5 Å². The van der Waals surface area contributed by atoms with Crippen LogP contribution in [0.25, 0.3) is 0 Å². The molecule has 16 heteroatoms. The Balaban J connectivity index is 0.744. The molecule has 14 nitrogen and oxygen atoms in total. The first kappa shape index (κ1) is 52.0. The van der Waals surface area contributed by atoms with Crippen molar-refractivity contribution in [3.63, 3.8) is 0 Å². The molecule has 0 aromatic heterocycles. The van der Waals surface area contributed by atoms with E-state index in [1.807, 2.05) is 28.1 Å². The first-order valence-corrected chi connectivity index (χ1v) is 29.3. The number of thioether (sulfide) groups is 2. The van der Waals surface area contributed by atoms with Crippen molar-refractivity contribution in [2.75, 3.05) is 38.8 Å². The Morgan fingerprint density at radius 1 is 0.582 bits per heavy atom. The van der Waals surface area contributed by atoms with Gasteiger partial charge < -0.3 is 20.1 Å². The third kappa shape index (κ3) is 12.8. The molecule has 2 amide bonds. The summed E-state index contributed by atoms with van der Waals surface area (Å²) in [6, 6.07) is 0.640. The van der Waals surface area contributed by atoms with E-state index >= 15 is 0 Å². The summed E-state index contributed by atoms with van der Waals surface area (Å²) in [7, 11) is 3.75. The fourth-order valence-corrected chi connectivity index (χ4v) is 16.4. The van der Waals surface area contributed by atoms with Gasteiger partial charge in [-0.15, -0.1) is 0 Å². The highest BCUT2D eigenvalue weighted by atomic mass is 32.2. The minimum Gasteiger partial charge on any atom is -0.381 e. The van der Waals surface area contributed by atoms with Gasteiger partial charge in [-0.3, -0.25) is 29.4 Å². The number of aliphatic imine (C=N–C) groups is 2. The lowest BCUT2D eigenvalue weighted by molar-refractivity contribution is -0.122. The quantitative estimate of drug-likeness (QED) is 0.0716. The fraction of sp³-hybridized carbons (Fsp3) is 0.922. The zero-order valence-corrected chi connectivity index (χ0v) is 43.8. The van der Waals surface area contributed by atoms with Crippen LogP contribution in [0.15, 0.2) is 9.98 Å². The predicted molar refractivity (Wildman–Crippen MR) is 275 cm³/mol. The van der Waals surface area contributed by atoms with E-state index < -0.39 is 0 Å². The molecular formula is C51H90N10O4S2. The zero-order chi connectivity index (χ0) is 46.9. The molecule has 6 fully saturated rings. The first-order valence-electron chi connectivity index (χ1n) is 27.2. The molecule has 4 saturated carbocycles. The van der Waals surface area contributed by atoms with Gasteiger partial charge in [-0.1, -0.05) is 19.3 Å². The smallest absolute Gasteiger partial charge is 0.222 e. The number of unbranched alkanes of at least 4 members (excludes halogenated alkanes) is 4. The second-order valence-corrected chi connectivity index (χ2v) is 24.2. The number of hydrazine groups is 2. The lowest BCUT2D eigenvalue weighted by atomic mass is 9.72. The van der Waals surface area contributed by atoms with Crippen LogP contribution in [-0.4, -0.2) is 143 Å². The van der Waals surface area contributed by atoms with Crippen molar-refractivity contribution in [3.8, 4) is 0 Å². The molecule has 0 spiro atoms. The van der Waals surface area contributed by atoms with Gasteiger partial charge in [0.2, 0.25) is 11.8 Å². The summed E-state index contributed by atoms with van der Waals surface area (Å²) in [5, 5.41) is 7.62. The second-order valence-electron chi connectivity index (χ2n) is 21.4. The van der Waals surface area contributed by atoms with E-state index in [0.717, 1.165) is 49.0 Å². The Bertz CT molecular complexity index is 1530.